The Kier molecular flexibility index (Phi) is 8.55. The van der Waals surface area contributed by atoms with E-state index in [1.54, 1.807) is 0 Å². The smallest absolute Gasteiger partial charge is 0.321 e. The van der Waals surface area contributed by atoms with Crippen LogP contribution in [0, 0.1) is 0 Å². The first-order valence-corrected chi connectivity index (χ1v) is 9.57. The predicted octanol–water partition coefficient (Wildman–Crippen LogP) is 3.44. The molecule has 146 valence electrons. The van der Waals surface area contributed by atoms with Crippen molar-refractivity contribution in [1.82, 2.24) is 10.6 Å². The van der Waals surface area contributed by atoms with Crippen LogP contribution < -0.4 is 10.6 Å². The van der Waals surface area contributed by atoms with Crippen LogP contribution >= 0.6 is 0 Å². The maximum absolute atomic E-state index is 12.2. The molecule has 0 fully saturated rings. The summed E-state index contributed by atoms with van der Waals surface area (Å²) in [5.74, 6) is -1.53. The molecule has 1 aromatic rings. The summed E-state index contributed by atoms with van der Waals surface area (Å²) in [4.78, 5) is 35.8. The monoisotopic (exact) mass is 372 g/mol. The Morgan fingerprint density at radius 2 is 1.93 bits per heavy atom. The van der Waals surface area contributed by atoms with Crippen LogP contribution in [0.15, 0.2) is 42.0 Å². The average Bonchev–Trinajstić information content (AvgIpc) is 2.68. The number of rotatable bonds is 8. The van der Waals surface area contributed by atoms with Crippen LogP contribution in [-0.4, -0.2) is 31.1 Å². The standard InChI is InChI=1S/C21H28N2O4/c1-2-18(17-11-7-4-8-12-17)20(25)27-15-19(24)23-21(26)22-14-13-16-9-5-3-6-10-16/h4,7-9,11-12,18H,2-3,5-6,10,13-15H2,1H3,(H2,22,23,24,26)/t18-/m1/s1. The lowest BCUT2D eigenvalue weighted by Crippen LogP contribution is -2.42. The highest BCUT2D eigenvalue weighted by molar-refractivity contribution is 5.95. The fourth-order valence-electron chi connectivity index (χ4n) is 3.14. The van der Waals surface area contributed by atoms with Gasteiger partial charge in [0.2, 0.25) is 0 Å². The zero-order valence-corrected chi connectivity index (χ0v) is 15.8. The Morgan fingerprint density at radius 1 is 1.15 bits per heavy atom. The Labute approximate surface area is 160 Å². The van der Waals surface area contributed by atoms with E-state index < -0.39 is 30.4 Å². The molecule has 1 aromatic carbocycles. The lowest BCUT2D eigenvalue weighted by molar-refractivity contribution is -0.149. The van der Waals surface area contributed by atoms with Gasteiger partial charge in [0, 0.05) is 6.54 Å². The summed E-state index contributed by atoms with van der Waals surface area (Å²) in [7, 11) is 0. The molecule has 0 spiro atoms. The third-order valence-corrected chi connectivity index (χ3v) is 4.61. The highest BCUT2D eigenvalue weighted by atomic mass is 16.5. The van der Waals surface area contributed by atoms with Gasteiger partial charge in [0.1, 0.15) is 0 Å². The Morgan fingerprint density at radius 3 is 2.59 bits per heavy atom. The molecule has 27 heavy (non-hydrogen) atoms. The minimum Gasteiger partial charge on any atom is -0.455 e. The molecule has 0 heterocycles. The molecule has 0 unspecified atom stereocenters. The minimum atomic E-state index is -0.638. The number of amides is 3. The molecule has 2 N–H and O–H groups in total. The van der Waals surface area contributed by atoms with Gasteiger partial charge in [0.15, 0.2) is 6.61 Å². The molecule has 0 radical (unpaired) electrons. The number of allylic oxidation sites excluding steroid dienone is 1. The van der Waals surface area contributed by atoms with E-state index in [4.69, 9.17) is 4.74 Å². The SMILES string of the molecule is CC[C@@H](C(=O)OCC(=O)NC(=O)NCCC1=CCCCC1)c1ccccc1. The second kappa shape index (κ2) is 11.2. The largest absolute Gasteiger partial charge is 0.455 e. The number of hydrogen-bond acceptors (Lipinski definition) is 4. The average molecular weight is 372 g/mol. The predicted molar refractivity (Wildman–Crippen MR) is 103 cm³/mol. The number of urea groups is 1. The number of ether oxygens (including phenoxy) is 1. The van der Waals surface area contributed by atoms with Gasteiger partial charge >= 0.3 is 12.0 Å². The quantitative estimate of drug-likeness (QED) is 0.541. The second-order valence-corrected chi connectivity index (χ2v) is 6.64. The first-order chi connectivity index (χ1) is 13.1. The molecule has 0 bridgehead atoms. The maximum Gasteiger partial charge on any atom is 0.321 e. The minimum absolute atomic E-state index is 0.420. The fourth-order valence-corrected chi connectivity index (χ4v) is 3.14. The summed E-state index contributed by atoms with van der Waals surface area (Å²) in [5.41, 5.74) is 2.20. The van der Waals surface area contributed by atoms with Gasteiger partial charge in [-0.1, -0.05) is 48.9 Å². The van der Waals surface area contributed by atoms with Gasteiger partial charge in [0.25, 0.3) is 5.91 Å². The molecule has 6 nitrogen and oxygen atoms in total. The molecule has 0 aliphatic heterocycles. The molecule has 0 saturated heterocycles. The van der Waals surface area contributed by atoms with E-state index in [1.165, 1.54) is 18.4 Å². The van der Waals surface area contributed by atoms with Crippen LogP contribution in [0.5, 0.6) is 0 Å². The molecule has 0 aromatic heterocycles. The van der Waals surface area contributed by atoms with Gasteiger partial charge in [-0.25, -0.2) is 4.79 Å². The Bertz CT molecular complexity index is 670. The first kappa shape index (κ1) is 20.7. The molecular formula is C21H28N2O4. The third kappa shape index (κ3) is 7.25. The Balaban J connectivity index is 1.67. The number of benzene rings is 1. The van der Waals surface area contributed by atoms with Crippen LogP contribution in [0.3, 0.4) is 0 Å². The van der Waals surface area contributed by atoms with E-state index in [0.29, 0.717) is 13.0 Å². The summed E-state index contributed by atoms with van der Waals surface area (Å²) in [6.45, 7) is 1.89. The topological polar surface area (TPSA) is 84.5 Å². The van der Waals surface area contributed by atoms with Gasteiger partial charge in [-0.3, -0.25) is 14.9 Å². The van der Waals surface area contributed by atoms with Crippen molar-refractivity contribution in [2.75, 3.05) is 13.2 Å². The number of carbonyl (C=O) groups is 3. The van der Waals surface area contributed by atoms with E-state index in [-0.39, 0.29) is 0 Å². The van der Waals surface area contributed by atoms with Gasteiger partial charge in [-0.15, -0.1) is 0 Å². The van der Waals surface area contributed by atoms with Crippen molar-refractivity contribution in [3.8, 4) is 0 Å². The molecule has 0 saturated carbocycles. The van der Waals surface area contributed by atoms with E-state index in [2.05, 4.69) is 16.7 Å². The van der Waals surface area contributed by atoms with E-state index in [0.717, 1.165) is 24.8 Å². The van der Waals surface area contributed by atoms with Crippen LogP contribution in [-0.2, 0) is 14.3 Å². The maximum atomic E-state index is 12.2. The van der Waals surface area contributed by atoms with Crippen LogP contribution in [0.2, 0.25) is 0 Å². The lowest BCUT2D eigenvalue weighted by Gasteiger charge is -2.15. The zero-order valence-electron chi connectivity index (χ0n) is 15.8. The number of hydrogen-bond donors (Lipinski definition) is 2. The fraction of sp³-hybridized carbons (Fsp3) is 0.476. The lowest BCUT2D eigenvalue weighted by atomic mass is 9.97. The second-order valence-electron chi connectivity index (χ2n) is 6.64. The van der Waals surface area contributed by atoms with Gasteiger partial charge in [-0.05, 0) is 44.1 Å². The van der Waals surface area contributed by atoms with Crippen molar-refractivity contribution >= 4 is 17.9 Å². The summed E-state index contributed by atoms with van der Waals surface area (Å²) >= 11 is 0. The highest BCUT2D eigenvalue weighted by Gasteiger charge is 2.21. The highest BCUT2D eigenvalue weighted by Crippen LogP contribution is 2.21. The number of nitrogens with one attached hydrogen (secondary N) is 2. The first-order valence-electron chi connectivity index (χ1n) is 9.57. The third-order valence-electron chi connectivity index (χ3n) is 4.61. The summed E-state index contributed by atoms with van der Waals surface area (Å²) in [6, 6.07) is 8.72. The van der Waals surface area contributed by atoms with E-state index >= 15 is 0 Å². The summed E-state index contributed by atoms with van der Waals surface area (Å²) in [6.07, 6.45) is 8.21. The summed E-state index contributed by atoms with van der Waals surface area (Å²) < 4.78 is 5.07. The normalized spacial score (nSPS) is 14.6. The number of imide groups is 1. The molecule has 1 aliphatic carbocycles. The summed E-state index contributed by atoms with van der Waals surface area (Å²) in [5, 5.41) is 4.84. The van der Waals surface area contributed by atoms with Crippen molar-refractivity contribution in [1.29, 1.82) is 0 Å². The van der Waals surface area contributed by atoms with Crippen molar-refractivity contribution in [2.24, 2.45) is 0 Å². The van der Waals surface area contributed by atoms with Gasteiger partial charge in [0.05, 0.1) is 5.92 Å². The zero-order chi connectivity index (χ0) is 19.5. The molecular weight excluding hydrogens is 344 g/mol. The molecule has 3 amide bonds. The Hall–Kier alpha value is -2.63. The van der Waals surface area contributed by atoms with Gasteiger partial charge < -0.3 is 10.1 Å². The van der Waals surface area contributed by atoms with Crippen molar-refractivity contribution in [3.63, 3.8) is 0 Å². The van der Waals surface area contributed by atoms with E-state index in [9.17, 15) is 14.4 Å². The number of esters is 1. The van der Waals surface area contributed by atoms with E-state index in [1.807, 2.05) is 37.3 Å². The molecule has 2 rings (SSSR count). The molecule has 1 aliphatic rings. The van der Waals surface area contributed by atoms with Crippen LogP contribution in [0.1, 0.15) is 56.9 Å². The van der Waals surface area contributed by atoms with Gasteiger partial charge in [-0.2, -0.15) is 0 Å². The number of carbonyl (C=O) groups excluding carboxylic acids is 3. The van der Waals surface area contributed by atoms with Crippen molar-refractivity contribution < 1.29 is 19.1 Å². The van der Waals surface area contributed by atoms with Crippen LogP contribution in [0.25, 0.3) is 0 Å². The van der Waals surface area contributed by atoms with Crippen molar-refractivity contribution in [3.05, 3.63) is 47.5 Å². The van der Waals surface area contributed by atoms with Crippen molar-refractivity contribution in [2.45, 2.75) is 51.4 Å². The van der Waals surface area contributed by atoms with Crippen LogP contribution in [0.4, 0.5) is 4.79 Å². The molecule has 6 heteroatoms. The molecule has 1 atom stereocenters.